The van der Waals surface area contributed by atoms with E-state index in [1.165, 1.54) is 19.1 Å². The van der Waals surface area contributed by atoms with Crippen molar-refractivity contribution in [3.63, 3.8) is 0 Å². The Morgan fingerprint density at radius 3 is 2.22 bits per heavy atom. The number of rotatable bonds is 6. The van der Waals surface area contributed by atoms with Crippen molar-refractivity contribution in [1.82, 2.24) is 9.97 Å². The highest BCUT2D eigenvalue weighted by Crippen LogP contribution is 2.29. The molecule has 0 amide bonds. The first-order chi connectivity index (χ1) is 15.2. The minimum absolute atomic E-state index is 0.0146. The van der Waals surface area contributed by atoms with E-state index >= 15 is 0 Å². The van der Waals surface area contributed by atoms with Gasteiger partial charge in [0.05, 0.1) is 27.2 Å². The van der Waals surface area contributed by atoms with E-state index in [-0.39, 0.29) is 33.3 Å². The van der Waals surface area contributed by atoms with E-state index in [0.29, 0.717) is 11.0 Å². The minimum atomic E-state index is -4.15. The van der Waals surface area contributed by atoms with Crippen molar-refractivity contribution in [2.24, 2.45) is 0 Å². The number of carboxylic acids is 1. The van der Waals surface area contributed by atoms with Gasteiger partial charge in [0.2, 0.25) is 0 Å². The molecule has 8 nitrogen and oxygen atoms in total. The fraction of sp³-hybridized carbons (Fsp3) is 0.0455. The Kier molecular flexibility index (Phi) is 5.45. The second-order valence-electron chi connectivity index (χ2n) is 6.90. The Labute approximate surface area is 182 Å². The molecule has 10 heteroatoms. The summed E-state index contributed by atoms with van der Waals surface area (Å²) in [7, 11) is -4.15. The third kappa shape index (κ3) is 4.21. The summed E-state index contributed by atoms with van der Waals surface area (Å²) in [4.78, 5) is 20.2. The largest absolute Gasteiger partial charge is 0.478 e. The van der Waals surface area contributed by atoms with Crippen LogP contribution in [0.3, 0.4) is 0 Å². The average Bonchev–Trinajstić information content (AvgIpc) is 2.74. The van der Waals surface area contributed by atoms with Crippen LogP contribution in [0.25, 0.3) is 11.0 Å². The van der Waals surface area contributed by atoms with E-state index in [1.54, 1.807) is 36.4 Å². The number of anilines is 3. The molecule has 1 aromatic heterocycles. The number of hydrogen-bond donors (Lipinski definition) is 3. The molecule has 3 N–H and O–H groups in total. The molecule has 0 spiro atoms. The van der Waals surface area contributed by atoms with Gasteiger partial charge < -0.3 is 10.4 Å². The maximum absolute atomic E-state index is 13.5. The predicted octanol–water partition coefficient (Wildman–Crippen LogP) is 4.32. The smallest absolute Gasteiger partial charge is 0.337 e. The number of halogens is 1. The Balaban J connectivity index is 1.83. The number of fused-ring (bicyclic) bond motifs is 1. The molecule has 3 aromatic carbocycles. The van der Waals surface area contributed by atoms with E-state index in [9.17, 15) is 22.7 Å². The predicted molar refractivity (Wildman–Crippen MR) is 118 cm³/mol. The Bertz CT molecular complexity index is 1460. The first kappa shape index (κ1) is 21.2. The summed E-state index contributed by atoms with van der Waals surface area (Å²) < 4.78 is 41.9. The lowest BCUT2D eigenvalue weighted by Crippen LogP contribution is -2.17. The van der Waals surface area contributed by atoms with E-state index in [1.807, 2.05) is 0 Å². The summed E-state index contributed by atoms with van der Waals surface area (Å²) in [5.41, 5.74) is 1.31. The molecule has 0 saturated heterocycles. The maximum atomic E-state index is 13.5. The van der Waals surface area contributed by atoms with Crippen LogP contribution in [0.2, 0.25) is 0 Å². The van der Waals surface area contributed by atoms with Crippen molar-refractivity contribution >= 4 is 44.3 Å². The number of aromatic carboxylic acids is 1. The third-order valence-electron chi connectivity index (χ3n) is 4.64. The number of aryl methyl sites for hydroxylation is 1. The van der Waals surface area contributed by atoms with Gasteiger partial charge in [-0.15, -0.1) is 0 Å². The van der Waals surface area contributed by atoms with E-state index in [2.05, 4.69) is 20.0 Å². The lowest BCUT2D eigenvalue weighted by atomic mass is 10.2. The maximum Gasteiger partial charge on any atom is 0.337 e. The number of hydrogen-bond acceptors (Lipinski definition) is 6. The van der Waals surface area contributed by atoms with Crippen molar-refractivity contribution in [1.29, 1.82) is 0 Å². The van der Waals surface area contributed by atoms with Crippen LogP contribution in [-0.4, -0.2) is 29.5 Å². The molecular formula is C22H17FN4O4S. The Morgan fingerprint density at radius 1 is 0.938 bits per heavy atom. The number of aromatic nitrogens is 2. The second kappa shape index (κ2) is 8.23. The summed E-state index contributed by atoms with van der Waals surface area (Å²) in [5.74, 6) is -1.83. The molecule has 162 valence electrons. The summed E-state index contributed by atoms with van der Waals surface area (Å²) in [5, 5.41) is 12.3. The van der Waals surface area contributed by atoms with Gasteiger partial charge in [-0.2, -0.15) is 0 Å². The number of sulfonamides is 1. The SMILES string of the molecule is Cc1cc(F)ccc1S(=O)(=O)Nc1nc2ccccc2nc1Nc1ccccc1C(=O)O. The zero-order valence-electron chi connectivity index (χ0n) is 16.7. The van der Waals surface area contributed by atoms with Crippen molar-refractivity contribution in [2.75, 3.05) is 10.0 Å². The van der Waals surface area contributed by atoms with Gasteiger partial charge in [0, 0.05) is 0 Å². The lowest BCUT2D eigenvalue weighted by Gasteiger charge is -2.15. The first-order valence-corrected chi connectivity index (χ1v) is 10.9. The van der Waals surface area contributed by atoms with Crippen LogP contribution in [0, 0.1) is 12.7 Å². The number of carboxylic acid groups (broad SMARTS) is 1. The molecule has 1 heterocycles. The summed E-state index contributed by atoms with van der Waals surface area (Å²) in [6.07, 6.45) is 0. The van der Waals surface area contributed by atoms with E-state index < -0.39 is 21.8 Å². The highest BCUT2D eigenvalue weighted by Gasteiger charge is 2.22. The van der Waals surface area contributed by atoms with Crippen molar-refractivity contribution in [3.8, 4) is 0 Å². The van der Waals surface area contributed by atoms with Gasteiger partial charge in [0.1, 0.15) is 5.82 Å². The Hall–Kier alpha value is -4.05. The van der Waals surface area contributed by atoms with Gasteiger partial charge in [0.15, 0.2) is 11.6 Å². The van der Waals surface area contributed by atoms with Crippen LogP contribution in [0.1, 0.15) is 15.9 Å². The van der Waals surface area contributed by atoms with E-state index in [4.69, 9.17) is 0 Å². The molecule has 0 aliphatic rings. The molecule has 0 bridgehead atoms. The quantitative estimate of drug-likeness (QED) is 0.398. The van der Waals surface area contributed by atoms with Gasteiger partial charge in [-0.05, 0) is 55.0 Å². The monoisotopic (exact) mass is 452 g/mol. The fourth-order valence-corrected chi connectivity index (χ4v) is 4.40. The summed E-state index contributed by atoms with van der Waals surface area (Å²) in [6, 6.07) is 16.3. The van der Waals surface area contributed by atoms with Crippen LogP contribution in [0.15, 0.2) is 71.6 Å². The molecule has 0 atom stereocenters. The average molecular weight is 452 g/mol. The first-order valence-electron chi connectivity index (χ1n) is 9.40. The molecule has 0 radical (unpaired) electrons. The Morgan fingerprint density at radius 2 is 1.56 bits per heavy atom. The number of benzene rings is 3. The third-order valence-corrected chi connectivity index (χ3v) is 6.14. The fourth-order valence-electron chi connectivity index (χ4n) is 3.16. The molecule has 0 aliphatic carbocycles. The van der Waals surface area contributed by atoms with Crippen LogP contribution in [-0.2, 0) is 10.0 Å². The lowest BCUT2D eigenvalue weighted by molar-refractivity contribution is 0.0698. The second-order valence-corrected chi connectivity index (χ2v) is 8.55. The van der Waals surface area contributed by atoms with E-state index in [0.717, 1.165) is 18.2 Å². The molecule has 4 rings (SSSR count). The normalized spacial score (nSPS) is 11.3. The molecular weight excluding hydrogens is 435 g/mol. The molecule has 0 fully saturated rings. The molecule has 32 heavy (non-hydrogen) atoms. The number of para-hydroxylation sites is 3. The standard InChI is InChI=1S/C22H17FN4O4S/c1-13-12-14(23)10-11-19(13)32(30,31)27-21-20(25-17-8-4-5-9-18(17)26-21)24-16-7-3-2-6-15(16)22(28)29/h2-12H,1H3,(H,24,25)(H,26,27)(H,28,29). The summed E-state index contributed by atoms with van der Waals surface area (Å²) >= 11 is 0. The van der Waals surface area contributed by atoms with Gasteiger partial charge in [0.25, 0.3) is 10.0 Å². The zero-order chi connectivity index (χ0) is 22.9. The van der Waals surface area contributed by atoms with Gasteiger partial charge in [-0.25, -0.2) is 27.6 Å². The van der Waals surface area contributed by atoms with Gasteiger partial charge >= 0.3 is 5.97 Å². The highest BCUT2D eigenvalue weighted by atomic mass is 32.2. The van der Waals surface area contributed by atoms with Crippen LogP contribution >= 0.6 is 0 Å². The van der Waals surface area contributed by atoms with Crippen molar-refractivity contribution in [3.05, 3.63) is 83.7 Å². The molecule has 4 aromatic rings. The zero-order valence-corrected chi connectivity index (χ0v) is 17.5. The number of nitrogens with zero attached hydrogens (tertiary/aromatic N) is 2. The number of carbonyl (C=O) groups is 1. The highest BCUT2D eigenvalue weighted by molar-refractivity contribution is 7.92. The molecule has 0 saturated carbocycles. The van der Waals surface area contributed by atoms with Crippen molar-refractivity contribution < 1.29 is 22.7 Å². The summed E-state index contributed by atoms with van der Waals surface area (Å²) in [6.45, 7) is 1.48. The van der Waals surface area contributed by atoms with Crippen molar-refractivity contribution in [2.45, 2.75) is 11.8 Å². The van der Waals surface area contributed by atoms with Gasteiger partial charge in [-0.1, -0.05) is 24.3 Å². The van der Waals surface area contributed by atoms with Crippen LogP contribution < -0.4 is 10.0 Å². The van der Waals surface area contributed by atoms with Crippen LogP contribution in [0.4, 0.5) is 21.7 Å². The minimum Gasteiger partial charge on any atom is -0.478 e. The number of nitrogens with one attached hydrogen (secondary N) is 2. The molecule has 0 unspecified atom stereocenters. The molecule has 0 aliphatic heterocycles. The van der Waals surface area contributed by atoms with Gasteiger partial charge in [-0.3, -0.25) is 4.72 Å². The topological polar surface area (TPSA) is 121 Å². The van der Waals surface area contributed by atoms with Crippen LogP contribution in [0.5, 0.6) is 0 Å².